The molecule has 0 aliphatic rings. The van der Waals surface area contributed by atoms with Crippen LogP contribution in [0.2, 0.25) is 10.0 Å². The molecule has 0 bridgehead atoms. The molecule has 5 aromatic rings. The Morgan fingerprint density at radius 1 is 0.773 bits per heavy atom. The second-order valence-electron chi connectivity index (χ2n) is 9.40. The van der Waals surface area contributed by atoms with E-state index in [1.165, 1.54) is 24.1 Å². The van der Waals surface area contributed by atoms with E-state index in [1.807, 2.05) is 36.4 Å². The van der Waals surface area contributed by atoms with Gasteiger partial charge in [-0.05, 0) is 66.2 Å². The van der Waals surface area contributed by atoms with Crippen molar-refractivity contribution in [2.75, 3.05) is 10.6 Å². The SMILES string of the molecule is O=C(Nc1cccc(SC(C(=O)Nc2cc(Cl)ccc2Cl)c2ccccc2)c1)/C(=C/c1ccco1)NC(=O)c1ccccc1. The molecule has 7 nitrogen and oxygen atoms in total. The van der Waals surface area contributed by atoms with Crippen LogP contribution in [0.4, 0.5) is 11.4 Å². The number of anilines is 2. The average Bonchev–Trinajstić information content (AvgIpc) is 3.55. The van der Waals surface area contributed by atoms with Gasteiger partial charge in [0.1, 0.15) is 16.7 Å². The fourth-order valence-corrected chi connectivity index (χ4v) is 5.55. The van der Waals surface area contributed by atoms with E-state index in [0.717, 1.165) is 5.56 Å². The highest BCUT2D eigenvalue weighted by Gasteiger charge is 2.23. The van der Waals surface area contributed by atoms with E-state index in [2.05, 4.69) is 16.0 Å². The molecule has 3 N–H and O–H groups in total. The van der Waals surface area contributed by atoms with Gasteiger partial charge in [0.15, 0.2) is 0 Å². The third kappa shape index (κ3) is 8.20. The van der Waals surface area contributed by atoms with Gasteiger partial charge in [0, 0.05) is 27.2 Å². The van der Waals surface area contributed by atoms with Crippen LogP contribution < -0.4 is 16.0 Å². The Morgan fingerprint density at radius 2 is 1.52 bits per heavy atom. The van der Waals surface area contributed by atoms with Crippen molar-refractivity contribution in [2.45, 2.75) is 10.1 Å². The summed E-state index contributed by atoms with van der Waals surface area (Å²) in [4.78, 5) is 40.5. The molecule has 0 saturated carbocycles. The third-order valence-electron chi connectivity index (χ3n) is 6.23. The lowest BCUT2D eigenvalue weighted by Gasteiger charge is -2.18. The van der Waals surface area contributed by atoms with Gasteiger partial charge < -0.3 is 20.4 Å². The number of furan rings is 1. The van der Waals surface area contributed by atoms with Gasteiger partial charge in [0.2, 0.25) is 5.91 Å². The van der Waals surface area contributed by atoms with E-state index in [1.54, 1.807) is 78.9 Å². The van der Waals surface area contributed by atoms with Crippen molar-refractivity contribution in [3.05, 3.63) is 154 Å². The van der Waals surface area contributed by atoms with E-state index in [0.29, 0.717) is 37.6 Å². The van der Waals surface area contributed by atoms with Crippen molar-refractivity contribution >= 4 is 70.1 Å². The number of nitrogens with one attached hydrogen (secondary N) is 3. The molecule has 1 heterocycles. The standard InChI is InChI=1S/C34H25Cl2N3O4S/c35-24-16-17-28(36)29(19-24)38-34(42)31(22-9-3-1-4-10-22)44-27-15-7-13-25(20-27)37-33(41)30(21-26-14-8-18-43-26)39-32(40)23-11-5-2-6-12-23/h1-21,31H,(H,37,41)(H,38,42)(H,39,40)/b30-21-. The lowest BCUT2D eigenvalue weighted by atomic mass is 10.1. The number of amides is 3. The molecule has 4 aromatic carbocycles. The van der Waals surface area contributed by atoms with Gasteiger partial charge in [-0.2, -0.15) is 0 Å². The Morgan fingerprint density at radius 3 is 2.25 bits per heavy atom. The molecular weight excluding hydrogens is 617 g/mol. The second kappa shape index (κ2) is 14.6. The molecule has 0 fully saturated rings. The summed E-state index contributed by atoms with van der Waals surface area (Å²) in [5, 5.41) is 8.55. The van der Waals surface area contributed by atoms with Gasteiger partial charge in [0.05, 0.1) is 17.0 Å². The van der Waals surface area contributed by atoms with E-state index in [9.17, 15) is 14.4 Å². The Kier molecular flexibility index (Phi) is 10.2. The monoisotopic (exact) mass is 641 g/mol. The van der Waals surface area contributed by atoms with Gasteiger partial charge in [0.25, 0.3) is 11.8 Å². The number of halogens is 2. The maximum absolute atomic E-state index is 13.5. The zero-order valence-corrected chi connectivity index (χ0v) is 25.3. The zero-order valence-electron chi connectivity index (χ0n) is 23.0. The van der Waals surface area contributed by atoms with Crippen molar-refractivity contribution in [1.29, 1.82) is 0 Å². The van der Waals surface area contributed by atoms with Crippen LogP contribution in [0.15, 0.2) is 137 Å². The van der Waals surface area contributed by atoms with Crippen molar-refractivity contribution in [3.63, 3.8) is 0 Å². The number of hydrogen-bond donors (Lipinski definition) is 3. The molecule has 3 amide bonds. The van der Waals surface area contributed by atoms with Crippen LogP contribution in [-0.2, 0) is 9.59 Å². The van der Waals surface area contributed by atoms with Crippen molar-refractivity contribution in [3.8, 4) is 0 Å². The average molecular weight is 643 g/mol. The molecule has 5 rings (SSSR count). The van der Waals surface area contributed by atoms with Crippen LogP contribution in [-0.4, -0.2) is 17.7 Å². The minimum absolute atomic E-state index is 0.00759. The molecule has 0 spiro atoms. The van der Waals surface area contributed by atoms with E-state index in [4.69, 9.17) is 27.6 Å². The van der Waals surface area contributed by atoms with Crippen LogP contribution >= 0.6 is 35.0 Å². The zero-order chi connectivity index (χ0) is 30.9. The summed E-state index contributed by atoms with van der Waals surface area (Å²) >= 11 is 13.7. The highest BCUT2D eigenvalue weighted by molar-refractivity contribution is 8.00. The van der Waals surface area contributed by atoms with Crippen molar-refractivity contribution in [2.24, 2.45) is 0 Å². The molecule has 220 valence electrons. The summed E-state index contributed by atoms with van der Waals surface area (Å²) in [7, 11) is 0. The van der Waals surface area contributed by atoms with Crippen LogP contribution in [0.3, 0.4) is 0 Å². The van der Waals surface area contributed by atoms with Crippen LogP contribution in [0.5, 0.6) is 0 Å². The minimum Gasteiger partial charge on any atom is -0.465 e. The first-order valence-electron chi connectivity index (χ1n) is 13.4. The van der Waals surface area contributed by atoms with Gasteiger partial charge in [-0.1, -0.05) is 77.8 Å². The first kappa shape index (κ1) is 30.7. The summed E-state index contributed by atoms with van der Waals surface area (Å²) in [5.74, 6) is -0.906. The number of benzene rings is 4. The molecule has 0 radical (unpaired) electrons. The maximum Gasteiger partial charge on any atom is 0.272 e. The second-order valence-corrected chi connectivity index (χ2v) is 11.4. The first-order valence-corrected chi connectivity index (χ1v) is 15.0. The van der Waals surface area contributed by atoms with Gasteiger partial charge in [-0.25, -0.2) is 0 Å². The Labute approximate surface area is 268 Å². The van der Waals surface area contributed by atoms with E-state index in [-0.39, 0.29) is 11.6 Å². The summed E-state index contributed by atoms with van der Waals surface area (Å²) < 4.78 is 5.37. The number of carbonyl (C=O) groups excluding carboxylic acids is 3. The van der Waals surface area contributed by atoms with Crippen LogP contribution in [0.1, 0.15) is 26.9 Å². The minimum atomic E-state index is -0.656. The lowest BCUT2D eigenvalue weighted by molar-refractivity contribution is -0.116. The highest BCUT2D eigenvalue weighted by Crippen LogP contribution is 2.38. The van der Waals surface area contributed by atoms with Crippen LogP contribution in [0.25, 0.3) is 6.08 Å². The number of rotatable bonds is 10. The molecule has 1 atom stereocenters. The number of hydrogen-bond acceptors (Lipinski definition) is 5. The van der Waals surface area contributed by atoms with E-state index >= 15 is 0 Å². The fraction of sp³-hybridized carbons (Fsp3) is 0.0294. The molecule has 0 aliphatic carbocycles. The molecular formula is C34H25Cl2N3O4S. The lowest BCUT2D eigenvalue weighted by Crippen LogP contribution is -2.30. The Hall–Kier alpha value is -4.76. The molecule has 44 heavy (non-hydrogen) atoms. The van der Waals surface area contributed by atoms with Crippen LogP contribution in [0, 0.1) is 0 Å². The van der Waals surface area contributed by atoms with E-state index < -0.39 is 17.1 Å². The van der Waals surface area contributed by atoms with Gasteiger partial charge in [-0.3, -0.25) is 14.4 Å². The Bertz CT molecular complexity index is 1800. The summed E-state index contributed by atoms with van der Waals surface area (Å²) in [5.41, 5.74) is 2.03. The van der Waals surface area contributed by atoms with Crippen molar-refractivity contribution in [1.82, 2.24) is 5.32 Å². The smallest absolute Gasteiger partial charge is 0.272 e. The highest BCUT2D eigenvalue weighted by atomic mass is 35.5. The molecule has 0 aliphatic heterocycles. The predicted molar refractivity (Wildman–Crippen MR) is 176 cm³/mol. The normalized spacial score (nSPS) is 11.8. The number of thioether (sulfide) groups is 1. The fourth-order valence-electron chi connectivity index (χ4n) is 4.13. The Balaban J connectivity index is 1.36. The number of carbonyl (C=O) groups is 3. The molecule has 0 saturated heterocycles. The largest absolute Gasteiger partial charge is 0.465 e. The van der Waals surface area contributed by atoms with Gasteiger partial charge >= 0.3 is 0 Å². The molecule has 10 heteroatoms. The maximum atomic E-state index is 13.5. The molecule has 1 unspecified atom stereocenters. The van der Waals surface area contributed by atoms with Crippen molar-refractivity contribution < 1.29 is 18.8 Å². The predicted octanol–water partition coefficient (Wildman–Crippen LogP) is 8.47. The topological polar surface area (TPSA) is 100 Å². The summed E-state index contributed by atoms with van der Waals surface area (Å²) in [6.07, 6.45) is 2.92. The third-order valence-corrected chi connectivity index (χ3v) is 8.04. The quantitative estimate of drug-likeness (QED) is 0.105. The summed E-state index contributed by atoms with van der Waals surface area (Å²) in [6, 6.07) is 33.2. The summed E-state index contributed by atoms with van der Waals surface area (Å²) in [6.45, 7) is 0. The first-order chi connectivity index (χ1) is 21.4. The van der Waals surface area contributed by atoms with Gasteiger partial charge in [-0.15, -0.1) is 11.8 Å². The molecule has 1 aromatic heterocycles.